The van der Waals surface area contributed by atoms with E-state index in [2.05, 4.69) is 336 Å². The van der Waals surface area contributed by atoms with Crippen LogP contribution in [0.5, 0.6) is 5.75 Å². The number of phenols is 1. The summed E-state index contributed by atoms with van der Waals surface area (Å²) >= 11 is 8.76. The molecule has 20 nitrogen and oxygen atoms in total. The minimum absolute atomic E-state index is 0.00919. The van der Waals surface area contributed by atoms with Gasteiger partial charge in [-0.1, -0.05) is 283 Å². The summed E-state index contributed by atoms with van der Waals surface area (Å²) in [4.78, 5) is 21.3. The van der Waals surface area contributed by atoms with E-state index in [0.717, 1.165) is 39.6 Å². The summed E-state index contributed by atoms with van der Waals surface area (Å²) in [5.74, 6) is -0.300. The summed E-state index contributed by atoms with van der Waals surface area (Å²) < 4.78 is 208. The Bertz CT molecular complexity index is 6910. The number of thiophene rings is 1. The van der Waals surface area contributed by atoms with Crippen molar-refractivity contribution in [2.24, 2.45) is 0 Å². The van der Waals surface area contributed by atoms with Gasteiger partial charge in [-0.3, -0.25) is 4.79 Å². The van der Waals surface area contributed by atoms with Gasteiger partial charge in [0.05, 0.1) is 57.4 Å². The van der Waals surface area contributed by atoms with Crippen LogP contribution in [0.1, 0.15) is 139 Å². The fourth-order valence-corrected chi connectivity index (χ4v) is 21.9. The molecule has 16 rings (SSSR count). The van der Waals surface area contributed by atoms with Crippen molar-refractivity contribution in [3.63, 3.8) is 0 Å². The number of hydrogen-bond donors (Lipinski definition) is 2. The molecule has 0 atom stereocenters. The zero-order valence-corrected chi connectivity index (χ0v) is 91.6. The molecular weight excluding hydrogens is 2130 g/mol. The van der Waals surface area contributed by atoms with Crippen LogP contribution in [-0.2, 0) is 118 Å². The lowest BCUT2D eigenvalue weighted by Crippen LogP contribution is -3.34. The molecule has 2 heterocycles. The van der Waals surface area contributed by atoms with Gasteiger partial charge in [0.15, 0.2) is 52.5 Å². The number of alkyl halides is 3. The van der Waals surface area contributed by atoms with E-state index in [0.29, 0.717) is 29.6 Å². The summed E-state index contributed by atoms with van der Waals surface area (Å²) in [7, 11) is -26.1. The minimum Gasteiger partial charge on any atom is -0.748 e. The molecule has 0 spiro atoms. The molecule has 14 aromatic carbocycles. The van der Waals surface area contributed by atoms with E-state index in [4.69, 9.17) is 44.0 Å². The molecule has 752 valence electrons. The van der Waals surface area contributed by atoms with Crippen LogP contribution in [0.25, 0.3) is 25.1 Å². The van der Waals surface area contributed by atoms with Gasteiger partial charge in [0.1, 0.15) is 46.9 Å². The first-order chi connectivity index (χ1) is 65.6. The second-order valence-electron chi connectivity index (χ2n) is 33.6. The first-order valence-corrected chi connectivity index (χ1v) is 58.6. The molecular formula is C106H116F3INO19S11+. The zero-order valence-electron chi connectivity index (χ0n) is 80.0. The van der Waals surface area contributed by atoms with Gasteiger partial charge in [0, 0.05) is 33.8 Å². The molecule has 0 saturated carbocycles. The number of rotatable bonds is 11. The number of fused-ring (bicyclic) bond motifs is 4. The fourth-order valence-electron chi connectivity index (χ4n) is 12.4. The van der Waals surface area contributed by atoms with Crippen LogP contribution in [0, 0.1) is 3.57 Å². The van der Waals surface area contributed by atoms with Crippen molar-refractivity contribution in [2.75, 3.05) is 18.8 Å². The van der Waals surface area contributed by atoms with Gasteiger partial charge < -0.3 is 27.9 Å². The Hall–Kier alpha value is -10.0. The Morgan fingerprint density at radius 3 is 1.00 bits per heavy atom. The van der Waals surface area contributed by atoms with Crippen molar-refractivity contribution in [3.8, 4) is 10.6 Å². The minimum atomic E-state index is -6.09. The first-order valence-electron chi connectivity index (χ1n) is 43.0. The maximum absolute atomic E-state index is 11.6. The summed E-state index contributed by atoms with van der Waals surface area (Å²) in [6, 6.07) is 123. The summed E-state index contributed by atoms with van der Waals surface area (Å²) in [6.45, 7) is 25.3. The van der Waals surface area contributed by atoms with Crippen LogP contribution in [-0.4, -0.2) is 109 Å². The molecule has 0 saturated heterocycles. The van der Waals surface area contributed by atoms with Crippen LogP contribution >= 0.6 is 10.5 Å². The number of carbonyl (C=O) groups is 1. The number of hydrogen-bond acceptors (Lipinski definition) is 19. The fraction of sp³-hybridized carbons (Fsp3) is 0.198. The molecule has 1 aliphatic rings. The van der Waals surface area contributed by atoms with Crippen molar-refractivity contribution in [3.05, 3.63) is 407 Å². The Morgan fingerprint density at radius 2 is 0.702 bits per heavy atom. The lowest BCUT2D eigenvalue weighted by Gasteiger charge is -2.24. The number of sulfonamides is 1. The van der Waals surface area contributed by atoms with Crippen LogP contribution in [0.4, 0.5) is 13.2 Å². The van der Waals surface area contributed by atoms with Crippen molar-refractivity contribution in [1.29, 1.82) is 0 Å². The molecule has 0 bridgehead atoms. The lowest BCUT2D eigenvalue weighted by atomic mass is 9.87. The average Bonchev–Trinajstić information content (AvgIpc) is 1.59. The molecule has 141 heavy (non-hydrogen) atoms. The smallest absolute Gasteiger partial charge is 0.485 e. The normalized spacial score (nSPS) is 12.0. The van der Waals surface area contributed by atoms with Crippen LogP contribution < -0.4 is 27.3 Å². The van der Waals surface area contributed by atoms with Crippen molar-refractivity contribution >= 4 is 144 Å². The van der Waals surface area contributed by atoms with E-state index in [9.17, 15) is 52.3 Å². The molecule has 1 aliphatic heterocycles. The van der Waals surface area contributed by atoms with Gasteiger partial charge in [0.25, 0.3) is 38.5 Å². The number of amides is 1. The second kappa shape index (κ2) is 56.3. The van der Waals surface area contributed by atoms with E-state index >= 15 is 0 Å². The topological polar surface area (TPSA) is 369 Å². The molecule has 15 aromatic rings. The third-order valence-electron chi connectivity index (χ3n) is 19.2. The Kier molecular flexibility index (Phi) is 48.5. The highest BCUT2D eigenvalue weighted by molar-refractivity contribution is 7.97. The third-order valence-corrected chi connectivity index (χ3v) is 31.0. The van der Waals surface area contributed by atoms with E-state index in [-0.39, 0.29) is 80.9 Å². The van der Waals surface area contributed by atoms with Gasteiger partial charge in [0.2, 0.25) is 0 Å². The van der Waals surface area contributed by atoms with Crippen LogP contribution in [0.15, 0.2) is 419 Å². The SMILES string of the molecule is CC(C)(C)c1ccc([IH+])cc1.CC(C)(C)c1ccc([S+](c2ccccc2)c2ccccc2)cc1.CC(C)c1cc(C(C)C)c(S(=O)(=O)[O-])c(C(C)C)c1.CS(=O)(=O)[O-].CS(=O)(=O)[O-].C[S+](c1ccccc1)c1ccccc1.O=C1NS(=O)(=O)c2ccccc21.O=S(=O)([O-])C(F)(F)F.O=S(=O)([O-])c1ccc(O)cc1.[SH2+]c1ccccc1.[SH2+]c1ccccc1.c1ccc(-[s+]2c3ccccc3c3ccccc32)cc1. The van der Waals surface area contributed by atoms with Gasteiger partial charge in [-0.25, -0.2) is 55.2 Å². The predicted octanol–water partition coefficient (Wildman–Crippen LogP) is 19.5. The number of halogens is 4. The standard InChI is InChI=1S/C22H23S.C18H13S.C15H24O3S.C13H13S.C10H14I.C7H5NO3S.C6H6O4S.2C6H6S.CHF3O3S.2CH4O3S/c1-22(2,3)18-14-16-21(17-15-18)23(19-10-6-4-7-11-19)20-12-8-5-9-13-20;1-2-8-14(9-3-1)19-17-12-6-4-10-15(17)16-11-5-7-13-18(16)19;1-9(2)12-7-13(10(3)4)15(19(16,17)18)14(8-12)11(5)6;1-14(12-8-4-2-5-9-12)13-10-6-3-7-11-13;1-10(2,3)8-4-6-9(11)7-5-8;9-7-5-3-1-2-4-6(5)12(10,11)8-7;7-5-1-3-6(4-2-5)11(8,9)10;2*7-6-4-2-1-3-5-6;2-1(3,4)8(5,6)7;2*1-5(2,3)4/h4-17H,1-3H3;1-13H;7-11H,1-6H3,(H,16,17,18);2-11H,1H3;4-7,11H,1-3H3;1-4H,(H,8,9);1-4,7H,(H,8,9,10);2*1-5,7H;(H,5,6,7);2*1H3,(H,2,3,4)/q2*+1;;2*+1;;;;;;;/p-3. The highest BCUT2D eigenvalue weighted by Crippen LogP contribution is 2.48. The van der Waals surface area contributed by atoms with Gasteiger partial charge >= 0.3 is 5.51 Å². The quantitative estimate of drug-likeness (QED) is 0.0525. The molecule has 0 aliphatic carbocycles. The summed E-state index contributed by atoms with van der Waals surface area (Å²) in [6.07, 6.45) is 3.48. The lowest BCUT2D eigenvalue weighted by molar-refractivity contribution is -0.328. The molecule has 2 N–H and O–H groups in total. The Balaban J connectivity index is 0.000000278. The summed E-state index contributed by atoms with van der Waals surface area (Å²) in [5, 5.41) is 11.5. The maximum Gasteiger partial charge on any atom is 0.485 e. The van der Waals surface area contributed by atoms with Crippen molar-refractivity contribution < 1.29 is 119 Å². The van der Waals surface area contributed by atoms with Crippen LogP contribution in [0.2, 0.25) is 0 Å². The Morgan fingerprint density at radius 1 is 0.404 bits per heavy atom. The van der Waals surface area contributed by atoms with Crippen LogP contribution in [0.3, 0.4) is 0 Å². The maximum atomic E-state index is 11.6. The third kappa shape index (κ3) is 43.6. The zero-order chi connectivity index (χ0) is 106. The van der Waals surface area contributed by atoms with Gasteiger partial charge in [-0.05, 0) is 252 Å². The van der Waals surface area contributed by atoms with Gasteiger partial charge in [-0.15, -0.1) is 0 Å². The van der Waals surface area contributed by atoms with E-state index in [1.165, 1.54) is 76.4 Å². The first kappa shape index (κ1) is 121. The molecule has 1 aromatic heterocycles. The molecule has 0 radical (unpaired) electrons. The monoisotopic (exact) mass is 2240 g/mol. The molecule has 0 unspecified atom stereocenters. The summed E-state index contributed by atoms with van der Waals surface area (Å²) in [5.41, 5.74) is 0.209. The average molecular weight is 2240 g/mol. The van der Waals surface area contributed by atoms with Crippen molar-refractivity contribution in [1.82, 2.24) is 4.72 Å². The second-order valence-corrected chi connectivity index (χ2v) is 50.6. The van der Waals surface area contributed by atoms with E-state index in [1.807, 2.05) is 128 Å². The van der Waals surface area contributed by atoms with E-state index in [1.54, 1.807) is 12.1 Å². The number of benzene rings is 14. The number of aromatic hydroxyl groups is 1. The van der Waals surface area contributed by atoms with E-state index < -0.39 is 72.0 Å². The largest absolute Gasteiger partial charge is 0.748 e. The Labute approximate surface area is 862 Å². The highest BCUT2D eigenvalue weighted by Gasteiger charge is 2.37. The number of phenolic OH excluding ortho intramolecular Hbond substituents is 1. The number of carbonyl (C=O) groups excluding carboxylic acids is 1. The molecule has 0 fully saturated rings. The van der Waals surface area contributed by atoms with Crippen molar-refractivity contribution in [2.45, 2.75) is 166 Å². The number of nitrogens with one attached hydrogen (secondary N) is 1. The predicted molar refractivity (Wildman–Crippen MR) is 564 cm³/mol. The van der Waals surface area contributed by atoms with Gasteiger partial charge in [-0.2, -0.15) is 13.2 Å². The highest BCUT2D eigenvalue weighted by atomic mass is 127. The molecule has 35 heteroatoms. The molecule has 1 amide bonds.